The molecule has 0 rings (SSSR count). The highest BCUT2D eigenvalue weighted by Gasteiger charge is 2.11. The first-order chi connectivity index (χ1) is 23.5. The number of carboxylic acid groups (broad SMARTS) is 1. The van der Waals surface area contributed by atoms with Gasteiger partial charge >= 0.3 is 11.9 Å². The van der Waals surface area contributed by atoms with Crippen molar-refractivity contribution in [3.8, 4) is 0 Å². The molecular formula is C42H75NO5. The number of hydrogen-bond donors (Lipinski definition) is 2. The van der Waals surface area contributed by atoms with Crippen LogP contribution in [0.4, 0.5) is 0 Å². The maximum Gasteiger partial charge on any atom is 0.322 e. The summed E-state index contributed by atoms with van der Waals surface area (Å²) in [6, 6.07) is 0. The molecule has 6 heteroatoms. The normalized spacial score (nSPS) is 12.4. The van der Waals surface area contributed by atoms with Gasteiger partial charge in [0.1, 0.15) is 12.6 Å². The summed E-state index contributed by atoms with van der Waals surface area (Å²) in [5, 5.41) is 11.0. The van der Waals surface area contributed by atoms with Crippen LogP contribution in [-0.2, 0) is 19.1 Å². The van der Waals surface area contributed by atoms with Crippen LogP contribution in [0.25, 0.3) is 0 Å². The van der Waals surface area contributed by atoms with Crippen LogP contribution in [0.5, 0.6) is 0 Å². The van der Waals surface area contributed by atoms with E-state index < -0.39 is 5.97 Å². The highest BCUT2D eigenvalue weighted by atomic mass is 16.5. The van der Waals surface area contributed by atoms with E-state index in [1.807, 2.05) is 0 Å². The number of allylic oxidation sites excluding steroid dienone is 5. The number of carbonyl (C=O) groups excluding carboxylic acids is 2. The van der Waals surface area contributed by atoms with Gasteiger partial charge in [-0.05, 0) is 76.7 Å². The molecule has 0 heterocycles. The minimum absolute atomic E-state index is 0.0621. The lowest BCUT2D eigenvalue weighted by Gasteiger charge is -2.15. The minimum atomic E-state index is -1.02. The third kappa shape index (κ3) is 36.5. The number of unbranched alkanes of at least 4 members (excludes halogenated alkanes) is 21. The Morgan fingerprint density at radius 1 is 0.562 bits per heavy atom. The van der Waals surface area contributed by atoms with E-state index in [-0.39, 0.29) is 24.5 Å². The quantitative estimate of drug-likeness (QED) is 0.0392. The van der Waals surface area contributed by atoms with E-state index in [4.69, 9.17) is 9.84 Å². The molecule has 1 atom stereocenters. The molecule has 48 heavy (non-hydrogen) atoms. The molecule has 0 aromatic heterocycles. The summed E-state index contributed by atoms with van der Waals surface area (Å²) in [6.07, 6.45) is 45.6. The number of rotatable bonds is 36. The second kappa shape index (κ2) is 37.4. The zero-order chi connectivity index (χ0) is 35.2. The topological polar surface area (TPSA) is 92.7 Å². The summed E-state index contributed by atoms with van der Waals surface area (Å²) >= 11 is 0. The van der Waals surface area contributed by atoms with Crippen molar-refractivity contribution in [2.24, 2.45) is 0 Å². The fourth-order valence-electron chi connectivity index (χ4n) is 5.75. The van der Waals surface area contributed by atoms with Crippen LogP contribution in [0.1, 0.15) is 200 Å². The summed E-state index contributed by atoms with van der Waals surface area (Å²) in [6.45, 7) is 4.18. The zero-order valence-electron chi connectivity index (χ0n) is 31.3. The molecule has 0 aliphatic heterocycles. The van der Waals surface area contributed by atoms with Crippen LogP contribution in [0.2, 0.25) is 0 Å². The van der Waals surface area contributed by atoms with E-state index in [1.54, 1.807) is 0 Å². The summed E-state index contributed by atoms with van der Waals surface area (Å²) < 4.78 is 5.93. The van der Waals surface area contributed by atoms with Gasteiger partial charge in [-0.2, -0.15) is 0 Å². The Bertz CT molecular complexity index is 834. The number of carbonyl (C=O) groups is 3. The Hall–Kier alpha value is -2.37. The number of ether oxygens (including phenoxy) is 1. The first-order valence-corrected chi connectivity index (χ1v) is 20.1. The highest BCUT2D eigenvalue weighted by molar-refractivity contribution is 5.80. The van der Waals surface area contributed by atoms with Crippen LogP contribution in [0.3, 0.4) is 0 Å². The Balaban J connectivity index is 4.12. The molecule has 1 amide bonds. The SMILES string of the molecule is CCCCC/C=C\C/C=C\CCCCCCCCCC(=O)OC(/C=C\CCCCCCCC)CCCCCCCCC(=O)NCC(=O)O. The van der Waals surface area contributed by atoms with Crippen LogP contribution in [-0.4, -0.2) is 35.6 Å². The van der Waals surface area contributed by atoms with Gasteiger partial charge in [0, 0.05) is 12.8 Å². The van der Waals surface area contributed by atoms with Crippen molar-refractivity contribution in [3.63, 3.8) is 0 Å². The average molecular weight is 674 g/mol. The number of aliphatic carboxylic acids is 1. The van der Waals surface area contributed by atoms with E-state index >= 15 is 0 Å². The number of esters is 1. The van der Waals surface area contributed by atoms with Gasteiger partial charge in [0.25, 0.3) is 0 Å². The maximum absolute atomic E-state index is 12.7. The molecule has 1 unspecified atom stereocenters. The van der Waals surface area contributed by atoms with E-state index in [0.29, 0.717) is 12.8 Å². The number of amides is 1. The van der Waals surface area contributed by atoms with Crippen molar-refractivity contribution in [2.45, 2.75) is 206 Å². The predicted molar refractivity (Wildman–Crippen MR) is 203 cm³/mol. The fraction of sp³-hybridized carbons (Fsp3) is 0.786. The van der Waals surface area contributed by atoms with Gasteiger partial charge in [0.05, 0.1) is 0 Å². The molecular weight excluding hydrogens is 598 g/mol. The molecule has 0 aromatic carbocycles. The molecule has 0 radical (unpaired) electrons. The predicted octanol–water partition coefficient (Wildman–Crippen LogP) is 12.1. The summed E-state index contributed by atoms with van der Waals surface area (Å²) in [5.74, 6) is -1.27. The van der Waals surface area contributed by atoms with Crippen LogP contribution >= 0.6 is 0 Å². The minimum Gasteiger partial charge on any atom is -0.480 e. The second-order valence-electron chi connectivity index (χ2n) is 13.5. The molecule has 0 bridgehead atoms. The van der Waals surface area contributed by atoms with Crippen LogP contribution in [0.15, 0.2) is 36.5 Å². The average Bonchev–Trinajstić information content (AvgIpc) is 3.07. The number of nitrogens with one attached hydrogen (secondary N) is 1. The van der Waals surface area contributed by atoms with Gasteiger partial charge < -0.3 is 15.2 Å². The largest absolute Gasteiger partial charge is 0.480 e. The van der Waals surface area contributed by atoms with Gasteiger partial charge in [-0.15, -0.1) is 0 Å². The lowest BCUT2D eigenvalue weighted by Crippen LogP contribution is -2.28. The van der Waals surface area contributed by atoms with Gasteiger partial charge in [0.2, 0.25) is 5.91 Å². The van der Waals surface area contributed by atoms with Gasteiger partial charge in [0.15, 0.2) is 0 Å². The molecule has 6 nitrogen and oxygen atoms in total. The summed E-state index contributed by atoms with van der Waals surface area (Å²) in [5.41, 5.74) is 0. The molecule has 0 spiro atoms. The van der Waals surface area contributed by atoms with E-state index in [1.165, 1.54) is 103 Å². The Morgan fingerprint density at radius 3 is 1.60 bits per heavy atom. The first-order valence-electron chi connectivity index (χ1n) is 20.1. The van der Waals surface area contributed by atoms with Gasteiger partial charge in [-0.25, -0.2) is 0 Å². The highest BCUT2D eigenvalue weighted by Crippen LogP contribution is 2.16. The Morgan fingerprint density at radius 2 is 1.02 bits per heavy atom. The van der Waals surface area contributed by atoms with Gasteiger partial charge in [-0.3, -0.25) is 14.4 Å². The third-order valence-corrected chi connectivity index (χ3v) is 8.77. The molecule has 0 saturated heterocycles. The van der Waals surface area contributed by atoms with E-state index in [9.17, 15) is 14.4 Å². The molecule has 0 fully saturated rings. The fourth-order valence-corrected chi connectivity index (χ4v) is 5.75. The van der Waals surface area contributed by atoms with Gasteiger partial charge in [-0.1, -0.05) is 147 Å². The van der Waals surface area contributed by atoms with Crippen molar-refractivity contribution in [1.29, 1.82) is 0 Å². The van der Waals surface area contributed by atoms with Crippen molar-refractivity contribution >= 4 is 17.8 Å². The standard InChI is InChI=1S/C42H75NO5/c1-3-5-7-9-11-13-14-15-16-17-18-19-20-21-23-29-33-37-42(47)48-39(34-30-26-22-12-10-8-6-4-2)35-31-27-24-25-28-32-36-40(44)43-38-41(45)46/h11,13,15-16,30,34,39H,3-10,12,14,17-29,31-33,35-38H2,1-2H3,(H,43,44)(H,45,46)/b13-11-,16-15-,34-30-. The van der Waals surface area contributed by atoms with Crippen molar-refractivity contribution in [1.82, 2.24) is 5.32 Å². The van der Waals surface area contributed by atoms with Crippen molar-refractivity contribution in [2.75, 3.05) is 6.54 Å². The molecule has 2 N–H and O–H groups in total. The van der Waals surface area contributed by atoms with E-state index in [2.05, 4.69) is 55.6 Å². The number of carboxylic acids is 1. The summed E-state index contributed by atoms with van der Waals surface area (Å²) in [7, 11) is 0. The lowest BCUT2D eigenvalue weighted by atomic mass is 10.0. The Kier molecular flexibility index (Phi) is 35.6. The monoisotopic (exact) mass is 674 g/mol. The zero-order valence-corrected chi connectivity index (χ0v) is 31.3. The molecule has 0 aromatic rings. The third-order valence-electron chi connectivity index (χ3n) is 8.77. The molecule has 0 aliphatic rings. The van der Waals surface area contributed by atoms with E-state index in [0.717, 1.165) is 70.6 Å². The Labute approximate surface area is 296 Å². The summed E-state index contributed by atoms with van der Waals surface area (Å²) in [4.78, 5) is 34.8. The molecule has 0 saturated carbocycles. The maximum atomic E-state index is 12.7. The molecule has 0 aliphatic carbocycles. The first kappa shape index (κ1) is 45.6. The number of hydrogen-bond acceptors (Lipinski definition) is 4. The molecule has 278 valence electrons. The van der Waals surface area contributed by atoms with Crippen molar-refractivity contribution in [3.05, 3.63) is 36.5 Å². The van der Waals surface area contributed by atoms with Crippen molar-refractivity contribution < 1.29 is 24.2 Å². The van der Waals surface area contributed by atoms with Crippen LogP contribution < -0.4 is 5.32 Å². The second-order valence-corrected chi connectivity index (χ2v) is 13.5. The van der Waals surface area contributed by atoms with Crippen LogP contribution in [0, 0.1) is 0 Å². The smallest absolute Gasteiger partial charge is 0.322 e. The lowest BCUT2D eigenvalue weighted by molar-refractivity contribution is -0.147.